The first-order chi connectivity index (χ1) is 14.3. The molecule has 9 nitrogen and oxygen atoms in total. The number of aromatic nitrogens is 2. The van der Waals surface area contributed by atoms with E-state index in [-0.39, 0.29) is 29.5 Å². The number of hydrogen-bond donors (Lipinski definition) is 1. The Bertz CT molecular complexity index is 1010. The summed E-state index contributed by atoms with van der Waals surface area (Å²) in [5, 5.41) is 2.74. The molecular formula is C20H26N4O5S. The summed E-state index contributed by atoms with van der Waals surface area (Å²) < 4.78 is 38.8. The van der Waals surface area contributed by atoms with Gasteiger partial charge in [-0.1, -0.05) is 6.92 Å². The number of benzene rings is 1. The maximum absolute atomic E-state index is 13.2. The van der Waals surface area contributed by atoms with Crippen molar-refractivity contribution in [2.45, 2.75) is 44.1 Å². The van der Waals surface area contributed by atoms with Crippen LogP contribution in [0.4, 0.5) is 5.69 Å². The van der Waals surface area contributed by atoms with Gasteiger partial charge in [-0.05, 0) is 43.5 Å². The number of anilines is 1. The summed E-state index contributed by atoms with van der Waals surface area (Å²) in [7, 11) is -2.23. The van der Waals surface area contributed by atoms with Gasteiger partial charge in [0.15, 0.2) is 0 Å². The molecule has 2 aromatic rings. The fraction of sp³-hybridized carbons (Fsp3) is 0.450. The van der Waals surface area contributed by atoms with E-state index in [1.807, 2.05) is 0 Å². The molecule has 1 aliphatic heterocycles. The maximum atomic E-state index is 13.2. The normalized spacial score (nSPS) is 17.4. The second-order valence-electron chi connectivity index (χ2n) is 7.01. The molecule has 2 heterocycles. The molecule has 162 valence electrons. The standard InChI is InChI=1S/C20H26N4O5S/c1-4-18(25)22-15-7-8-17(14(2)12-15)30(26,27)24-11-5-6-16(13-24)29-19-9-10-21-20(23-19)28-3/h7-10,12,16H,4-6,11,13H2,1-3H3,(H,22,25). The average molecular weight is 435 g/mol. The zero-order chi connectivity index (χ0) is 21.7. The molecule has 1 amide bonds. The fourth-order valence-electron chi connectivity index (χ4n) is 3.28. The van der Waals surface area contributed by atoms with E-state index in [2.05, 4.69) is 15.3 Å². The third-order valence-corrected chi connectivity index (χ3v) is 6.84. The summed E-state index contributed by atoms with van der Waals surface area (Å²) in [5.74, 6) is 0.223. The number of carbonyl (C=O) groups is 1. The van der Waals surface area contributed by atoms with Crippen LogP contribution in [-0.4, -0.2) is 54.9 Å². The molecule has 0 aliphatic carbocycles. The Balaban J connectivity index is 1.74. The Kier molecular flexibility index (Phi) is 6.88. The van der Waals surface area contributed by atoms with Gasteiger partial charge < -0.3 is 14.8 Å². The first-order valence-corrected chi connectivity index (χ1v) is 11.2. The van der Waals surface area contributed by atoms with Gasteiger partial charge in [-0.15, -0.1) is 0 Å². The summed E-state index contributed by atoms with van der Waals surface area (Å²) in [4.78, 5) is 19.9. The van der Waals surface area contributed by atoms with E-state index in [1.54, 1.807) is 32.0 Å². The average Bonchev–Trinajstić information content (AvgIpc) is 2.74. The van der Waals surface area contributed by atoms with Crippen LogP contribution >= 0.6 is 0 Å². The molecule has 1 unspecified atom stereocenters. The van der Waals surface area contributed by atoms with Crippen molar-refractivity contribution in [3.63, 3.8) is 0 Å². The molecule has 10 heteroatoms. The third kappa shape index (κ3) is 5.06. The summed E-state index contributed by atoms with van der Waals surface area (Å²) in [6.45, 7) is 4.12. The van der Waals surface area contributed by atoms with E-state index in [0.717, 1.165) is 6.42 Å². The van der Waals surface area contributed by atoms with Gasteiger partial charge in [0.25, 0.3) is 0 Å². The lowest BCUT2D eigenvalue weighted by Crippen LogP contribution is -2.44. The van der Waals surface area contributed by atoms with Gasteiger partial charge in [-0.25, -0.2) is 13.4 Å². The molecule has 1 aliphatic rings. The van der Waals surface area contributed by atoms with Gasteiger partial charge in [-0.2, -0.15) is 9.29 Å². The van der Waals surface area contributed by atoms with E-state index in [9.17, 15) is 13.2 Å². The minimum Gasteiger partial charge on any atom is -0.473 e. The van der Waals surface area contributed by atoms with Crippen LogP contribution in [0.25, 0.3) is 0 Å². The van der Waals surface area contributed by atoms with Crippen LogP contribution in [0.5, 0.6) is 11.9 Å². The third-order valence-electron chi connectivity index (χ3n) is 4.82. The van der Waals surface area contributed by atoms with E-state index in [0.29, 0.717) is 36.5 Å². The number of methoxy groups -OCH3 is 1. The number of nitrogens with zero attached hydrogens (tertiary/aromatic N) is 3. The Labute approximate surface area is 176 Å². The van der Waals surface area contributed by atoms with Gasteiger partial charge in [0.05, 0.1) is 18.6 Å². The van der Waals surface area contributed by atoms with Gasteiger partial charge >= 0.3 is 6.01 Å². The highest BCUT2D eigenvalue weighted by molar-refractivity contribution is 7.89. The van der Waals surface area contributed by atoms with Crippen molar-refractivity contribution in [2.75, 3.05) is 25.5 Å². The number of hydrogen-bond acceptors (Lipinski definition) is 7. The highest BCUT2D eigenvalue weighted by Gasteiger charge is 2.32. The van der Waals surface area contributed by atoms with Crippen molar-refractivity contribution in [2.24, 2.45) is 0 Å². The lowest BCUT2D eigenvalue weighted by molar-refractivity contribution is -0.115. The lowest BCUT2D eigenvalue weighted by Gasteiger charge is -2.32. The number of ether oxygens (including phenoxy) is 2. The monoisotopic (exact) mass is 434 g/mol. The molecule has 0 radical (unpaired) electrons. The summed E-state index contributed by atoms with van der Waals surface area (Å²) >= 11 is 0. The van der Waals surface area contributed by atoms with Crippen LogP contribution in [0, 0.1) is 6.92 Å². The number of sulfonamides is 1. The van der Waals surface area contributed by atoms with Crippen LogP contribution in [0.3, 0.4) is 0 Å². The Morgan fingerprint density at radius 2 is 2.13 bits per heavy atom. The van der Waals surface area contributed by atoms with Crippen molar-refractivity contribution in [3.8, 4) is 11.9 Å². The van der Waals surface area contributed by atoms with Crippen LogP contribution in [-0.2, 0) is 14.8 Å². The Morgan fingerprint density at radius 3 is 2.83 bits per heavy atom. The van der Waals surface area contributed by atoms with Crippen molar-refractivity contribution in [1.29, 1.82) is 0 Å². The minimum absolute atomic E-state index is 0.123. The van der Waals surface area contributed by atoms with Gasteiger partial charge in [0, 0.05) is 30.9 Å². The SMILES string of the molecule is CCC(=O)Nc1ccc(S(=O)(=O)N2CCCC(Oc3ccnc(OC)n3)C2)c(C)c1. The first-order valence-electron chi connectivity index (χ1n) is 9.78. The molecule has 3 rings (SSSR count). The highest BCUT2D eigenvalue weighted by Crippen LogP contribution is 2.27. The summed E-state index contributed by atoms with van der Waals surface area (Å²) in [6, 6.07) is 6.63. The molecule has 1 N–H and O–H groups in total. The predicted octanol–water partition coefficient (Wildman–Crippen LogP) is 2.37. The second kappa shape index (κ2) is 9.40. The topological polar surface area (TPSA) is 111 Å². The molecule has 0 spiro atoms. The highest BCUT2D eigenvalue weighted by atomic mass is 32.2. The number of piperidine rings is 1. The van der Waals surface area contributed by atoms with E-state index in [1.165, 1.54) is 23.7 Å². The van der Waals surface area contributed by atoms with E-state index < -0.39 is 10.0 Å². The second-order valence-corrected chi connectivity index (χ2v) is 8.92. The van der Waals surface area contributed by atoms with Gasteiger partial charge in [0.1, 0.15) is 6.10 Å². The van der Waals surface area contributed by atoms with Crippen molar-refractivity contribution in [3.05, 3.63) is 36.0 Å². The minimum atomic E-state index is -3.70. The van der Waals surface area contributed by atoms with Gasteiger partial charge in [-0.3, -0.25) is 4.79 Å². The molecule has 0 bridgehead atoms. The quantitative estimate of drug-likeness (QED) is 0.712. The van der Waals surface area contributed by atoms with E-state index in [4.69, 9.17) is 9.47 Å². The number of carbonyl (C=O) groups excluding carboxylic acids is 1. The smallest absolute Gasteiger partial charge is 0.319 e. The number of aryl methyl sites for hydroxylation is 1. The molecule has 1 aromatic heterocycles. The molecule has 1 fully saturated rings. The number of amides is 1. The van der Waals surface area contributed by atoms with Crippen molar-refractivity contribution in [1.82, 2.24) is 14.3 Å². The summed E-state index contributed by atoms with van der Waals surface area (Å²) in [5.41, 5.74) is 1.16. The van der Waals surface area contributed by atoms with Crippen LogP contribution < -0.4 is 14.8 Å². The van der Waals surface area contributed by atoms with Crippen LogP contribution in [0.1, 0.15) is 31.7 Å². The lowest BCUT2D eigenvalue weighted by atomic mass is 10.1. The van der Waals surface area contributed by atoms with Gasteiger partial charge in [0.2, 0.25) is 21.8 Å². The fourth-order valence-corrected chi connectivity index (χ4v) is 5.00. The van der Waals surface area contributed by atoms with Crippen molar-refractivity contribution >= 4 is 21.6 Å². The Morgan fingerprint density at radius 1 is 1.33 bits per heavy atom. The number of nitrogens with one attached hydrogen (secondary N) is 1. The van der Waals surface area contributed by atoms with Crippen LogP contribution in [0.15, 0.2) is 35.4 Å². The molecule has 0 saturated carbocycles. The Hall–Kier alpha value is -2.72. The first kappa shape index (κ1) is 22.0. The largest absolute Gasteiger partial charge is 0.473 e. The summed E-state index contributed by atoms with van der Waals surface area (Å²) in [6.07, 6.45) is 2.96. The molecule has 1 atom stereocenters. The predicted molar refractivity (Wildman–Crippen MR) is 111 cm³/mol. The molecule has 1 saturated heterocycles. The van der Waals surface area contributed by atoms with E-state index >= 15 is 0 Å². The molecule has 30 heavy (non-hydrogen) atoms. The zero-order valence-corrected chi connectivity index (χ0v) is 18.1. The molecule has 1 aromatic carbocycles. The van der Waals surface area contributed by atoms with Crippen LogP contribution in [0.2, 0.25) is 0 Å². The number of rotatable bonds is 7. The van der Waals surface area contributed by atoms with Crippen molar-refractivity contribution < 1.29 is 22.7 Å². The zero-order valence-electron chi connectivity index (χ0n) is 17.3. The molecular weight excluding hydrogens is 408 g/mol. The maximum Gasteiger partial charge on any atom is 0.319 e.